The Labute approximate surface area is 602 Å². The molecule has 0 heterocycles. The predicted molar refractivity (Wildman–Crippen MR) is 368 cm³/mol. The smallest absolute Gasteiger partial charge is 0.202 e. The minimum Gasteiger partial charge on any atom is -0.202 e. The van der Waals surface area contributed by atoms with Crippen molar-refractivity contribution in [3.8, 4) is 0 Å². The van der Waals surface area contributed by atoms with Crippen LogP contribution in [0.15, 0.2) is 72.8 Å². The van der Waals surface area contributed by atoms with Gasteiger partial charge in [-0.3, -0.25) is 0 Å². The SMILES string of the molecule is CCCCCCc1cc(C)c(C)cc1C.CCCCc1cc(C)c(C(C)C)cc1C.Cc1cc(C(F)(F)C(F)(F)C(F)(F)C(F)(F)F)c(C)cc1C(F)(F)C(F)(F)C(C)(F)F.Cc1cc(C(F)(F)C(F)(F)F)c(C)cc1C(C)(F)F.Cc1cc(C)c(C(C)C)cc1C.Cc1cc(C)c(C(F)(F)F)cc1C. The Balaban J connectivity index is 0.000000653. The van der Waals surface area contributed by atoms with Crippen LogP contribution in [0, 0.1) is 104 Å². The molecule has 0 N–H and O–H groups in total. The van der Waals surface area contributed by atoms with Gasteiger partial charge in [0.15, 0.2) is 0 Å². The van der Waals surface area contributed by atoms with E-state index < -0.39 is 123 Å². The maximum absolute atomic E-state index is 14.1. The van der Waals surface area contributed by atoms with Crippen molar-refractivity contribution in [2.24, 2.45) is 0 Å². The van der Waals surface area contributed by atoms with Gasteiger partial charge >= 0.3 is 60.0 Å². The number of hydrogen-bond acceptors (Lipinski definition) is 0. The van der Waals surface area contributed by atoms with Crippen molar-refractivity contribution in [3.63, 3.8) is 0 Å². The number of hydrogen-bond donors (Lipinski definition) is 0. The average Bonchev–Trinajstić information content (AvgIpc) is 0.721. The first-order valence-electron chi connectivity index (χ1n) is 33.9. The first kappa shape index (κ1) is 96.6. The summed E-state index contributed by atoms with van der Waals surface area (Å²) < 4.78 is 326. The van der Waals surface area contributed by atoms with Crippen LogP contribution >= 0.6 is 0 Å². The molecule has 6 rings (SSSR count). The molecule has 0 fully saturated rings. The second-order valence-corrected chi connectivity index (χ2v) is 27.9. The summed E-state index contributed by atoms with van der Waals surface area (Å²) in [5, 5.41) is 0. The fourth-order valence-corrected chi connectivity index (χ4v) is 11.3. The van der Waals surface area contributed by atoms with Crippen molar-refractivity contribution in [3.05, 3.63) is 206 Å². The fraction of sp³-hybridized carbons (Fsp3) is 0.550. The summed E-state index contributed by atoms with van der Waals surface area (Å²) in [4.78, 5) is 0. The molecule has 0 aliphatic carbocycles. The molecule has 0 saturated heterocycles. The van der Waals surface area contributed by atoms with Gasteiger partial charge in [0.05, 0.1) is 5.56 Å². The highest BCUT2D eigenvalue weighted by molar-refractivity contribution is 5.46. The molecular weight excluding hydrogens is 1440 g/mol. The van der Waals surface area contributed by atoms with E-state index >= 15 is 0 Å². The molecule has 0 radical (unpaired) electrons. The first-order valence-corrected chi connectivity index (χ1v) is 33.9. The van der Waals surface area contributed by atoms with Crippen LogP contribution in [0.25, 0.3) is 0 Å². The van der Waals surface area contributed by atoms with Crippen LogP contribution in [-0.4, -0.2) is 36.0 Å². The average molecular weight is 1540 g/mol. The normalized spacial score (nSPS) is 12.9. The van der Waals surface area contributed by atoms with Gasteiger partial charge in [0.1, 0.15) is 0 Å². The molecule has 0 nitrogen and oxygen atoms in total. The van der Waals surface area contributed by atoms with Gasteiger partial charge in [-0.1, -0.05) is 110 Å². The van der Waals surface area contributed by atoms with Gasteiger partial charge in [0.25, 0.3) is 5.92 Å². The highest BCUT2D eigenvalue weighted by Gasteiger charge is 2.82. The van der Waals surface area contributed by atoms with Crippen LogP contribution in [0.2, 0.25) is 0 Å². The quantitative estimate of drug-likeness (QED) is 0.0594. The van der Waals surface area contributed by atoms with Crippen LogP contribution in [0.3, 0.4) is 0 Å². The Bertz CT molecular complexity index is 3810. The summed E-state index contributed by atoms with van der Waals surface area (Å²) in [6.07, 6.45) is -6.64. The third kappa shape index (κ3) is 24.3. The van der Waals surface area contributed by atoms with E-state index in [-0.39, 0.29) is 31.0 Å². The summed E-state index contributed by atoms with van der Waals surface area (Å²) in [6, 6.07) is 17.1. The van der Waals surface area contributed by atoms with Gasteiger partial charge in [-0.05, 0) is 277 Å². The second kappa shape index (κ2) is 36.6. The molecule has 0 aromatic heterocycles. The number of halogens is 25. The van der Waals surface area contributed by atoms with E-state index in [1.807, 2.05) is 6.92 Å². The van der Waals surface area contributed by atoms with E-state index in [1.165, 1.54) is 120 Å². The Morgan fingerprint density at radius 2 is 0.543 bits per heavy atom. The molecule has 0 aliphatic heterocycles. The summed E-state index contributed by atoms with van der Waals surface area (Å²) in [7, 11) is 0. The maximum atomic E-state index is 14.1. The number of aryl methyl sites for hydroxylation is 17. The minimum atomic E-state index is -7.29. The first-order chi connectivity index (χ1) is 47.1. The minimum absolute atomic E-state index is 0.228. The van der Waals surface area contributed by atoms with E-state index in [1.54, 1.807) is 24.1 Å². The van der Waals surface area contributed by atoms with Crippen LogP contribution in [0.4, 0.5) is 110 Å². The van der Waals surface area contributed by atoms with Gasteiger partial charge in [-0.25, -0.2) is 8.78 Å². The lowest BCUT2D eigenvalue weighted by molar-refractivity contribution is -0.399. The van der Waals surface area contributed by atoms with Crippen molar-refractivity contribution in [1.82, 2.24) is 0 Å². The van der Waals surface area contributed by atoms with Crippen LogP contribution in [0.5, 0.6) is 0 Å². The molecule has 25 heteroatoms. The molecule has 0 unspecified atom stereocenters. The van der Waals surface area contributed by atoms with E-state index in [4.69, 9.17) is 0 Å². The lowest BCUT2D eigenvalue weighted by Crippen LogP contribution is -2.59. The number of rotatable bonds is 18. The summed E-state index contributed by atoms with van der Waals surface area (Å²) >= 11 is 0. The fourth-order valence-electron chi connectivity index (χ4n) is 11.3. The number of alkyl halides is 25. The Hall–Kier alpha value is -6.43. The third-order valence-corrected chi connectivity index (χ3v) is 18.1. The van der Waals surface area contributed by atoms with E-state index in [0.29, 0.717) is 36.5 Å². The highest BCUT2D eigenvalue weighted by atomic mass is 19.4. The van der Waals surface area contributed by atoms with E-state index in [0.717, 1.165) is 19.4 Å². The van der Waals surface area contributed by atoms with Gasteiger partial charge in [0, 0.05) is 36.1 Å². The van der Waals surface area contributed by atoms with Gasteiger partial charge in [0.2, 0.25) is 0 Å². The molecule has 594 valence electrons. The molecule has 0 bridgehead atoms. The Kier molecular flexibility index (Phi) is 33.7. The highest BCUT2D eigenvalue weighted by Crippen LogP contribution is 2.59. The standard InChI is InChI=1S/C16H11F15.2C15H24.C12H11F7.C12H18.C10H11F3/c1-6-5-9(12(21,22)14(25,26)15(27,28)16(29,30)31)7(2)4-8(6)11(19,20)13(23,24)10(3,17)18;1-6-7-8-14-9-13(5)15(11(2)3)10-12(14)4;1-5-6-7-8-9-15-11-13(3)12(2)10-14(15)4;1-6-5-9(11(15,16)12(17,18)19)7(2)4-8(6)10(3,13)14;1-8(2)12-7-10(4)9(3)6-11(12)5;1-6-4-8(3)9(5-7(6)2)10(11,12)13/h4-5H,1-3H3;9-11H,6-8H2,1-5H3;10-11H,5-9H2,1-4H3;4-5H,1-3H3;6-8H,1-5H3;4-5H,1-3H3. The molecule has 105 heavy (non-hydrogen) atoms. The lowest BCUT2D eigenvalue weighted by Gasteiger charge is -2.35. The second-order valence-electron chi connectivity index (χ2n) is 27.9. The zero-order chi connectivity index (χ0) is 82.7. The summed E-state index contributed by atoms with van der Waals surface area (Å²) in [6.45, 7) is 38.7. The summed E-state index contributed by atoms with van der Waals surface area (Å²) in [5.74, 6) is -45.1. The van der Waals surface area contributed by atoms with Crippen molar-refractivity contribution in [2.75, 3.05) is 0 Å². The molecule has 6 aromatic carbocycles. The van der Waals surface area contributed by atoms with Crippen molar-refractivity contribution in [2.45, 2.75) is 288 Å². The zero-order valence-corrected chi connectivity index (χ0v) is 63.7. The van der Waals surface area contributed by atoms with Crippen molar-refractivity contribution in [1.29, 1.82) is 0 Å². The Morgan fingerprint density at radius 3 is 0.914 bits per heavy atom. The molecule has 0 saturated carbocycles. The number of benzene rings is 6. The van der Waals surface area contributed by atoms with Crippen molar-refractivity contribution >= 4 is 0 Å². The Morgan fingerprint density at radius 1 is 0.257 bits per heavy atom. The molecule has 6 aromatic rings. The van der Waals surface area contributed by atoms with E-state index in [2.05, 4.69) is 133 Å². The van der Waals surface area contributed by atoms with E-state index in [9.17, 15) is 110 Å². The maximum Gasteiger partial charge on any atom is 0.460 e. The third-order valence-electron chi connectivity index (χ3n) is 18.1. The van der Waals surface area contributed by atoms with Crippen molar-refractivity contribution < 1.29 is 110 Å². The monoisotopic (exact) mass is 1530 g/mol. The van der Waals surface area contributed by atoms with Crippen LogP contribution in [-0.2, 0) is 42.7 Å². The molecule has 0 amide bonds. The molecular formula is C80H99F25. The topological polar surface area (TPSA) is 0 Å². The lowest BCUT2D eigenvalue weighted by atomic mass is 9.87. The molecule has 0 atom stereocenters. The van der Waals surface area contributed by atoms with Gasteiger partial charge in [-0.2, -0.15) is 101 Å². The number of unbranched alkanes of at least 4 members (excludes halogenated alkanes) is 4. The largest absolute Gasteiger partial charge is 0.460 e. The molecule has 0 aliphatic rings. The van der Waals surface area contributed by atoms with Gasteiger partial charge < -0.3 is 0 Å². The molecule has 0 spiro atoms. The van der Waals surface area contributed by atoms with Gasteiger partial charge in [-0.15, -0.1) is 0 Å². The van der Waals surface area contributed by atoms with Crippen LogP contribution < -0.4 is 0 Å². The van der Waals surface area contributed by atoms with Crippen LogP contribution in [0.1, 0.15) is 239 Å². The predicted octanol–water partition coefficient (Wildman–Crippen LogP) is 29.5. The summed E-state index contributed by atoms with van der Waals surface area (Å²) in [5.41, 5.74) is 8.79. The zero-order valence-electron chi connectivity index (χ0n) is 63.7.